The molecule has 4 heterocycles. The van der Waals surface area contributed by atoms with E-state index in [1.54, 1.807) is 13.3 Å². The van der Waals surface area contributed by atoms with Gasteiger partial charge in [0.2, 0.25) is 5.95 Å². The molecular weight excluding hydrogens is 370 g/mol. The summed E-state index contributed by atoms with van der Waals surface area (Å²) in [7, 11) is 1.64. The van der Waals surface area contributed by atoms with Crippen LogP contribution in [0.25, 0.3) is 11.0 Å². The van der Waals surface area contributed by atoms with E-state index in [0.29, 0.717) is 23.3 Å². The van der Waals surface area contributed by atoms with E-state index in [2.05, 4.69) is 21.4 Å². The summed E-state index contributed by atoms with van der Waals surface area (Å²) in [4.78, 5) is 25.2. The highest BCUT2D eigenvalue weighted by molar-refractivity contribution is 6.03. The van der Waals surface area contributed by atoms with Crippen LogP contribution in [-0.4, -0.2) is 45.7 Å². The van der Waals surface area contributed by atoms with Crippen LogP contribution in [0.1, 0.15) is 53.5 Å². The van der Waals surface area contributed by atoms with E-state index in [4.69, 9.17) is 14.5 Å². The first-order chi connectivity index (χ1) is 14.2. The summed E-state index contributed by atoms with van der Waals surface area (Å²) >= 11 is 0. The van der Waals surface area contributed by atoms with Gasteiger partial charge in [-0.05, 0) is 43.2 Å². The standard InChI is InChI=1S/C21H25N5O3/c1-28-16-6-5-14(13-7-10-29-11-8-13)18-19(16)24-21(23-18)25-20(27)15-12-22-17-4-2-3-9-26(15)17/h5-6,12-13H,2-4,7-11H2,1H3,(H2,23,24,25,27). The molecule has 152 valence electrons. The van der Waals surface area contributed by atoms with Crippen LogP contribution in [0.5, 0.6) is 5.75 Å². The first-order valence-electron chi connectivity index (χ1n) is 10.2. The fourth-order valence-corrected chi connectivity index (χ4v) is 4.42. The normalized spacial score (nSPS) is 17.3. The molecule has 1 amide bonds. The number of hydrogen-bond donors (Lipinski definition) is 2. The van der Waals surface area contributed by atoms with Crippen LogP contribution in [0.3, 0.4) is 0 Å². The molecule has 1 fully saturated rings. The van der Waals surface area contributed by atoms with Crippen molar-refractivity contribution in [2.75, 3.05) is 25.6 Å². The van der Waals surface area contributed by atoms with Crippen molar-refractivity contribution >= 4 is 22.9 Å². The molecule has 2 aliphatic rings. The summed E-state index contributed by atoms with van der Waals surface area (Å²) < 4.78 is 13.0. The quantitative estimate of drug-likeness (QED) is 0.707. The molecule has 0 aliphatic carbocycles. The fourth-order valence-electron chi connectivity index (χ4n) is 4.42. The zero-order valence-corrected chi connectivity index (χ0v) is 16.5. The molecule has 5 rings (SSSR count). The number of amides is 1. The van der Waals surface area contributed by atoms with E-state index in [0.717, 1.165) is 68.7 Å². The molecule has 8 heteroatoms. The van der Waals surface area contributed by atoms with Gasteiger partial charge in [0.1, 0.15) is 22.8 Å². The number of imidazole rings is 2. The van der Waals surface area contributed by atoms with Crippen molar-refractivity contribution in [2.24, 2.45) is 0 Å². The number of H-pyrrole nitrogens is 1. The molecule has 0 radical (unpaired) electrons. The molecule has 2 aliphatic heterocycles. The van der Waals surface area contributed by atoms with Gasteiger partial charge in [0.05, 0.1) is 18.8 Å². The van der Waals surface area contributed by atoms with E-state index in [1.807, 2.05) is 10.6 Å². The number of anilines is 1. The highest BCUT2D eigenvalue weighted by Crippen LogP contribution is 2.36. The summed E-state index contributed by atoms with van der Waals surface area (Å²) in [5.41, 5.74) is 3.41. The largest absolute Gasteiger partial charge is 0.494 e. The van der Waals surface area contributed by atoms with Crippen LogP contribution in [-0.2, 0) is 17.7 Å². The number of aromatic amines is 1. The van der Waals surface area contributed by atoms with Crippen molar-refractivity contribution in [3.8, 4) is 5.75 Å². The van der Waals surface area contributed by atoms with Gasteiger partial charge in [-0.3, -0.25) is 10.1 Å². The summed E-state index contributed by atoms with van der Waals surface area (Å²) in [6.45, 7) is 2.36. The van der Waals surface area contributed by atoms with Gasteiger partial charge in [-0.2, -0.15) is 0 Å². The van der Waals surface area contributed by atoms with Crippen LogP contribution in [0, 0.1) is 0 Å². The van der Waals surface area contributed by atoms with E-state index >= 15 is 0 Å². The van der Waals surface area contributed by atoms with Crippen LogP contribution in [0.2, 0.25) is 0 Å². The third kappa shape index (κ3) is 3.27. The van der Waals surface area contributed by atoms with Crippen molar-refractivity contribution in [2.45, 2.75) is 44.6 Å². The van der Waals surface area contributed by atoms with Gasteiger partial charge < -0.3 is 19.0 Å². The van der Waals surface area contributed by atoms with Crippen LogP contribution < -0.4 is 10.1 Å². The lowest BCUT2D eigenvalue weighted by Gasteiger charge is -2.22. The third-order valence-corrected chi connectivity index (χ3v) is 5.95. The van der Waals surface area contributed by atoms with Crippen LogP contribution in [0.4, 0.5) is 5.95 Å². The van der Waals surface area contributed by atoms with E-state index < -0.39 is 0 Å². The Morgan fingerprint density at radius 3 is 3.00 bits per heavy atom. The topological polar surface area (TPSA) is 94.1 Å². The van der Waals surface area contributed by atoms with E-state index in [1.165, 1.54) is 5.56 Å². The molecule has 1 aromatic carbocycles. The number of rotatable bonds is 4. The second-order valence-electron chi connectivity index (χ2n) is 7.68. The molecule has 2 aromatic heterocycles. The second kappa shape index (κ2) is 7.51. The molecule has 0 unspecified atom stereocenters. The lowest BCUT2D eigenvalue weighted by Crippen LogP contribution is -2.21. The lowest BCUT2D eigenvalue weighted by atomic mass is 9.90. The Morgan fingerprint density at radius 2 is 2.17 bits per heavy atom. The average molecular weight is 395 g/mol. The molecule has 0 spiro atoms. The van der Waals surface area contributed by atoms with Gasteiger partial charge >= 0.3 is 0 Å². The van der Waals surface area contributed by atoms with Gasteiger partial charge in [-0.1, -0.05) is 6.07 Å². The predicted octanol–water partition coefficient (Wildman–Crippen LogP) is 3.25. The third-order valence-electron chi connectivity index (χ3n) is 5.95. The number of nitrogens with zero attached hydrogens (tertiary/aromatic N) is 3. The Kier molecular flexibility index (Phi) is 4.71. The minimum absolute atomic E-state index is 0.198. The summed E-state index contributed by atoms with van der Waals surface area (Å²) in [5.74, 6) is 2.32. The molecule has 2 N–H and O–H groups in total. The lowest BCUT2D eigenvalue weighted by molar-refractivity contribution is 0.0856. The first kappa shape index (κ1) is 18.2. The monoisotopic (exact) mass is 395 g/mol. The first-order valence-corrected chi connectivity index (χ1v) is 10.2. The molecule has 0 atom stereocenters. The summed E-state index contributed by atoms with van der Waals surface area (Å²) in [6.07, 6.45) is 6.71. The van der Waals surface area contributed by atoms with Crippen molar-refractivity contribution < 1.29 is 14.3 Å². The SMILES string of the molecule is COc1ccc(C2CCOCC2)c2nc(NC(=O)c3cnc4n3CCCC4)[nH]c12. The highest BCUT2D eigenvalue weighted by Gasteiger charge is 2.23. The molecular formula is C21H25N5O3. The molecule has 29 heavy (non-hydrogen) atoms. The van der Waals surface area contributed by atoms with Gasteiger partial charge in [-0.25, -0.2) is 9.97 Å². The fraction of sp³-hybridized carbons (Fsp3) is 0.476. The zero-order chi connectivity index (χ0) is 19.8. The summed E-state index contributed by atoms with van der Waals surface area (Å²) in [6, 6.07) is 4.04. The minimum atomic E-state index is -0.198. The number of aromatic nitrogens is 4. The van der Waals surface area contributed by atoms with Crippen molar-refractivity contribution in [3.63, 3.8) is 0 Å². The number of benzene rings is 1. The Hall–Kier alpha value is -2.87. The molecule has 3 aromatic rings. The Balaban J connectivity index is 1.47. The maximum absolute atomic E-state index is 12.9. The van der Waals surface area contributed by atoms with E-state index in [-0.39, 0.29) is 5.91 Å². The number of methoxy groups -OCH3 is 1. The number of nitrogens with one attached hydrogen (secondary N) is 2. The number of carbonyl (C=O) groups is 1. The van der Waals surface area contributed by atoms with Crippen molar-refractivity contribution in [1.82, 2.24) is 19.5 Å². The molecule has 0 bridgehead atoms. The average Bonchev–Trinajstić information content (AvgIpc) is 3.38. The Labute approximate surface area is 168 Å². The Morgan fingerprint density at radius 1 is 1.31 bits per heavy atom. The number of carbonyl (C=O) groups excluding carboxylic acids is 1. The van der Waals surface area contributed by atoms with Gasteiger partial charge in [0.25, 0.3) is 5.91 Å². The Bertz CT molecular complexity index is 1050. The molecule has 0 saturated carbocycles. The second-order valence-corrected chi connectivity index (χ2v) is 7.68. The number of aryl methyl sites for hydroxylation is 1. The minimum Gasteiger partial charge on any atom is -0.494 e. The van der Waals surface area contributed by atoms with Gasteiger partial charge in [-0.15, -0.1) is 0 Å². The number of ether oxygens (including phenoxy) is 2. The van der Waals surface area contributed by atoms with Gasteiger partial charge in [0.15, 0.2) is 0 Å². The van der Waals surface area contributed by atoms with Crippen molar-refractivity contribution in [1.29, 1.82) is 0 Å². The zero-order valence-electron chi connectivity index (χ0n) is 16.5. The molecule has 8 nitrogen and oxygen atoms in total. The maximum Gasteiger partial charge on any atom is 0.276 e. The number of fused-ring (bicyclic) bond motifs is 2. The predicted molar refractivity (Wildman–Crippen MR) is 109 cm³/mol. The smallest absolute Gasteiger partial charge is 0.276 e. The van der Waals surface area contributed by atoms with Crippen LogP contribution >= 0.6 is 0 Å². The summed E-state index contributed by atoms with van der Waals surface area (Å²) in [5, 5.41) is 2.92. The maximum atomic E-state index is 12.9. The van der Waals surface area contributed by atoms with E-state index in [9.17, 15) is 4.79 Å². The van der Waals surface area contributed by atoms with Gasteiger partial charge in [0, 0.05) is 26.2 Å². The van der Waals surface area contributed by atoms with Crippen LogP contribution in [0.15, 0.2) is 18.3 Å². The number of hydrogen-bond acceptors (Lipinski definition) is 5. The highest BCUT2D eigenvalue weighted by atomic mass is 16.5. The van der Waals surface area contributed by atoms with Crippen molar-refractivity contribution in [3.05, 3.63) is 35.4 Å². The molecule has 1 saturated heterocycles.